The van der Waals surface area contributed by atoms with E-state index in [4.69, 9.17) is 4.74 Å². The SMILES string of the molecule is COCc1cccc(NC(=O)C(=O)c2c(C)nn(C)c2C)c1. The standard InChI is InChI=1S/C16H19N3O3/c1-10-14(11(2)19(3)18-10)15(20)16(21)17-13-7-5-6-12(8-13)9-22-4/h5-8H,9H2,1-4H3,(H,17,21). The smallest absolute Gasteiger partial charge is 0.296 e. The Labute approximate surface area is 129 Å². The normalized spacial score (nSPS) is 10.5. The number of methoxy groups -OCH3 is 1. The Morgan fingerprint density at radius 2 is 2.05 bits per heavy atom. The summed E-state index contributed by atoms with van der Waals surface area (Å²) in [6.07, 6.45) is 0. The van der Waals surface area contributed by atoms with Crippen molar-refractivity contribution in [2.45, 2.75) is 20.5 Å². The summed E-state index contributed by atoms with van der Waals surface area (Å²) >= 11 is 0. The van der Waals surface area contributed by atoms with Gasteiger partial charge in [0.2, 0.25) is 0 Å². The van der Waals surface area contributed by atoms with E-state index in [0.29, 0.717) is 29.2 Å². The number of ketones is 1. The highest BCUT2D eigenvalue weighted by Gasteiger charge is 2.23. The van der Waals surface area contributed by atoms with E-state index in [-0.39, 0.29) is 0 Å². The molecular weight excluding hydrogens is 282 g/mol. The molecule has 0 radical (unpaired) electrons. The third-order valence-electron chi connectivity index (χ3n) is 3.44. The fraction of sp³-hybridized carbons (Fsp3) is 0.312. The number of benzene rings is 1. The maximum atomic E-state index is 12.3. The minimum atomic E-state index is -0.672. The monoisotopic (exact) mass is 301 g/mol. The summed E-state index contributed by atoms with van der Waals surface area (Å²) in [7, 11) is 3.34. The van der Waals surface area contributed by atoms with E-state index in [0.717, 1.165) is 5.56 Å². The molecule has 0 aliphatic rings. The minimum absolute atomic E-state index is 0.355. The minimum Gasteiger partial charge on any atom is -0.380 e. The molecule has 1 amide bonds. The van der Waals surface area contributed by atoms with Crippen LogP contribution in [0.2, 0.25) is 0 Å². The van der Waals surface area contributed by atoms with Crippen molar-refractivity contribution in [3.05, 3.63) is 46.8 Å². The highest BCUT2D eigenvalue weighted by Crippen LogP contribution is 2.15. The second-order valence-electron chi connectivity index (χ2n) is 5.09. The first-order chi connectivity index (χ1) is 10.4. The molecule has 0 aliphatic heterocycles. The number of hydrogen-bond donors (Lipinski definition) is 1. The van der Waals surface area contributed by atoms with E-state index in [1.165, 1.54) is 0 Å². The summed E-state index contributed by atoms with van der Waals surface area (Å²) in [4.78, 5) is 24.5. The zero-order chi connectivity index (χ0) is 16.3. The van der Waals surface area contributed by atoms with Crippen molar-refractivity contribution in [1.29, 1.82) is 0 Å². The summed E-state index contributed by atoms with van der Waals surface area (Å²) in [5, 5.41) is 6.78. The fourth-order valence-corrected chi connectivity index (χ4v) is 2.31. The first-order valence-electron chi connectivity index (χ1n) is 6.87. The van der Waals surface area contributed by atoms with Gasteiger partial charge in [-0.05, 0) is 31.5 Å². The molecule has 0 bridgehead atoms. The summed E-state index contributed by atoms with van der Waals surface area (Å²) in [6.45, 7) is 3.92. The number of aryl methyl sites for hydroxylation is 2. The van der Waals surface area contributed by atoms with Gasteiger partial charge in [0.05, 0.1) is 17.9 Å². The van der Waals surface area contributed by atoms with Gasteiger partial charge in [0, 0.05) is 25.5 Å². The highest BCUT2D eigenvalue weighted by molar-refractivity contribution is 6.47. The predicted octanol–water partition coefficient (Wildman–Crippen LogP) is 2.00. The lowest BCUT2D eigenvalue weighted by molar-refractivity contribution is -0.112. The van der Waals surface area contributed by atoms with E-state index in [1.54, 1.807) is 50.9 Å². The molecule has 116 valence electrons. The number of hydrogen-bond acceptors (Lipinski definition) is 4. The largest absolute Gasteiger partial charge is 0.380 e. The van der Waals surface area contributed by atoms with Gasteiger partial charge < -0.3 is 10.1 Å². The quantitative estimate of drug-likeness (QED) is 0.677. The van der Waals surface area contributed by atoms with Crippen LogP contribution in [-0.4, -0.2) is 28.6 Å². The van der Waals surface area contributed by atoms with E-state index >= 15 is 0 Å². The van der Waals surface area contributed by atoms with Crippen LogP contribution in [-0.2, 0) is 23.2 Å². The van der Waals surface area contributed by atoms with Gasteiger partial charge in [-0.1, -0.05) is 12.1 Å². The van der Waals surface area contributed by atoms with Crippen LogP contribution in [0.25, 0.3) is 0 Å². The van der Waals surface area contributed by atoms with Crippen molar-refractivity contribution in [2.24, 2.45) is 7.05 Å². The van der Waals surface area contributed by atoms with Gasteiger partial charge >= 0.3 is 0 Å². The van der Waals surface area contributed by atoms with Gasteiger partial charge in [-0.25, -0.2) is 0 Å². The Hall–Kier alpha value is -2.47. The van der Waals surface area contributed by atoms with Gasteiger partial charge in [0.1, 0.15) is 0 Å². The number of rotatable bonds is 5. The van der Waals surface area contributed by atoms with Crippen molar-refractivity contribution in [2.75, 3.05) is 12.4 Å². The van der Waals surface area contributed by atoms with Crippen molar-refractivity contribution in [3.63, 3.8) is 0 Å². The van der Waals surface area contributed by atoms with Gasteiger partial charge in [-0.2, -0.15) is 5.10 Å². The molecule has 1 aromatic carbocycles. The predicted molar refractivity (Wildman–Crippen MR) is 82.8 cm³/mol. The number of carbonyl (C=O) groups is 2. The molecule has 6 heteroatoms. The number of nitrogens with zero attached hydrogens (tertiary/aromatic N) is 2. The lowest BCUT2D eigenvalue weighted by atomic mass is 10.1. The second-order valence-corrected chi connectivity index (χ2v) is 5.09. The maximum Gasteiger partial charge on any atom is 0.296 e. The lowest BCUT2D eigenvalue weighted by Crippen LogP contribution is -2.24. The number of ether oxygens (including phenoxy) is 1. The molecule has 0 spiro atoms. The van der Waals surface area contributed by atoms with Crippen LogP contribution in [0.3, 0.4) is 0 Å². The molecule has 0 aliphatic carbocycles. The van der Waals surface area contributed by atoms with Gasteiger partial charge in [0.15, 0.2) is 0 Å². The summed E-state index contributed by atoms with van der Waals surface area (Å²) in [5.41, 5.74) is 3.06. The van der Waals surface area contributed by atoms with Crippen molar-refractivity contribution >= 4 is 17.4 Å². The zero-order valence-corrected chi connectivity index (χ0v) is 13.1. The summed E-state index contributed by atoms with van der Waals surface area (Å²) < 4.78 is 6.64. The number of amides is 1. The molecule has 2 aromatic rings. The molecule has 1 N–H and O–H groups in total. The van der Waals surface area contributed by atoms with Crippen LogP contribution in [0.5, 0.6) is 0 Å². The molecule has 1 aromatic heterocycles. The first-order valence-corrected chi connectivity index (χ1v) is 6.87. The van der Waals surface area contributed by atoms with Crippen molar-refractivity contribution < 1.29 is 14.3 Å². The molecule has 0 atom stereocenters. The number of anilines is 1. The first kappa shape index (κ1) is 15.9. The number of carbonyl (C=O) groups excluding carboxylic acids is 2. The van der Waals surface area contributed by atoms with E-state index < -0.39 is 11.7 Å². The van der Waals surface area contributed by atoms with E-state index in [9.17, 15) is 9.59 Å². The lowest BCUT2D eigenvalue weighted by Gasteiger charge is -2.07. The van der Waals surface area contributed by atoms with Crippen molar-refractivity contribution in [1.82, 2.24) is 9.78 Å². The molecule has 6 nitrogen and oxygen atoms in total. The van der Waals surface area contributed by atoms with Crippen molar-refractivity contribution in [3.8, 4) is 0 Å². The maximum absolute atomic E-state index is 12.3. The number of nitrogens with one attached hydrogen (secondary N) is 1. The summed E-state index contributed by atoms with van der Waals surface area (Å²) in [5.74, 6) is -1.26. The van der Waals surface area contributed by atoms with E-state index in [1.807, 2.05) is 6.07 Å². The molecule has 0 unspecified atom stereocenters. The summed E-state index contributed by atoms with van der Waals surface area (Å²) in [6, 6.07) is 7.19. The van der Waals surface area contributed by atoms with Gasteiger partial charge in [0.25, 0.3) is 11.7 Å². The van der Waals surface area contributed by atoms with Crippen LogP contribution in [0.1, 0.15) is 27.3 Å². The Balaban J connectivity index is 2.18. The van der Waals surface area contributed by atoms with E-state index in [2.05, 4.69) is 10.4 Å². The average Bonchev–Trinajstić information content (AvgIpc) is 2.72. The molecule has 22 heavy (non-hydrogen) atoms. The molecule has 0 saturated heterocycles. The van der Waals surface area contributed by atoms with Crippen LogP contribution in [0.15, 0.2) is 24.3 Å². The molecule has 0 fully saturated rings. The van der Waals surface area contributed by atoms with Gasteiger partial charge in [-0.15, -0.1) is 0 Å². The average molecular weight is 301 g/mol. The Bertz CT molecular complexity index is 719. The number of Topliss-reactive ketones (excluding diaryl/α,β-unsaturated/α-hetero) is 1. The van der Waals surface area contributed by atoms with Crippen LogP contribution < -0.4 is 5.32 Å². The third kappa shape index (κ3) is 3.23. The zero-order valence-electron chi connectivity index (χ0n) is 13.1. The third-order valence-corrected chi connectivity index (χ3v) is 3.44. The highest BCUT2D eigenvalue weighted by atomic mass is 16.5. The second kappa shape index (κ2) is 6.53. The van der Waals surface area contributed by atoms with Crippen LogP contribution >= 0.6 is 0 Å². The fourth-order valence-electron chi connectivity index (χ4n) is 2.31. The van der Waals surface area contributed by atoms with Crippen LogP contribution in [0, 0.1) is 13.8 Å². The molecule has 1 heterocycles. The Kier molecular flexibility index (Phi) is 4.72. The topological polar surface area (TPSA) is 73.2 Å². The Morgan fingerprint density at radius 3 is 2.64 bits per heavy atom. The number of aromatic nitrogens is 2. The van der Waals surface area contributed by atoms with Crippen LogP contribution in [0.4, 0.5) is 5.69 Å². The molecule has 0 saturated carbocycles. The molecule has 2 rings (SSSR count). The van der Waals surface area contributed by atoms with Gasteiger partial charge in [-0.3, -0.25) is 14.3 Å². The molecular formula is C16H19N3O3. The Morgan fingerprint density at radius 1 is 1.32 bits per heavy atom.